The number of hydrogen-bond acceptors (Lipinski definition) is 1. The van der Waals surface area contributed by atoms with E-state index in [-0.39, 0.29) is 0 Å². The molecule has 0 saturated heterocycles. The summed E-state index contributed by atoms with van der Waals surface area (Å²) in [5.41, 5.74) is 20.7. The van der Waals surface area contributed by atoms with Gasteiger partial charge in [-0.25, -0.2) is 0 Å². The van der Waals surface area contributed by atoms with Crippen LogP contribution in [0.3, 0.4) is 0 Å². The number of rotatable bonds is 5. The summed E-state index contributed by atoms with van der Waals surface area (Å²) in [5, 5.41) is 4.97. The molecule has 302 valence electrons. The fraction of sp³-hybridized carbons (Fsp3) is 0.0312. The predicted molar refractivity (Wildman–Crippen MR) is 270 cm³/mol. The van der Waals surface area contributed by atoms with Gasteiger partial charge in [0.15, 0.2) is 0 Å². The monoisotopic (exact) mass is 823 g/mol. The fourth-order valence-corrected chi connectivity index (χ4v) is 12.4. The number of anilines is 3. The molecule has 3 aliphatic carbocycles. The van der Waals surface area contributed by atoms with Crippen molar-refractivity contribution < 1.29 is 0 Å². The van der Waals surface area contributed by atoms with E-state index >= 15 is 0 Å². The molecule has 0 N–H and O–H groups in total. The molecule has 11 aromatic carbocycles. The predicted octanol–water partition coefficient (Wildman–Crippen LogP) is 16.2. The lowest BCUT2D eigenvalue weighted by atomic mass is 9.68. The molecule has 0 unspecified atom stereocenters. The highest BCUT2D eigenvalue weighted by Gasteiger charge is 2.52. The number of nitrogens with zero attached hydrogens (tertiary/aromatic N) is 1. The molecular formula is C64H41N. The van der Waals surface area contributed by atoms with Crippen LogP contribution in [0.5, 0.6) is 0 Å². The molecule has 1 heteroatoms. The first kappa shape index (κ1) is 36.2. The van der Waals surface area contributed by atoms with Crippen molar-refractivity contribution in [2.45, 2.75) is 10.8 Å². The number of hydrogen-bond donors (Lipinski definition) is 0. The summed E-state index contributed by atoms with van der Waals surface area (Å²) < 4.78 is 0. The summed E-state index contributed by atoms with van der Waals surface area (Å²) in [5.74, 6) is 0. The highest BCUT2D eigenvalue weighted by Crippen LogP contribution is 2.64. The maximum atomic E-state index is 2.51. The van der Waals surface area contributed by atoms with Gasteiger partial charge in [0, 0.05) is 17.1 Å². The van der Waals surface area contributed by atoms with Gasteiger partial charge in [-0.05, 0) is 136 Å². The van der Waals surface area contributed by atoms with Gasteiger partial charge in [-0.1, -0.05) is 212 Å². The van der Waals surface area contributed by atoms with E-state index in [2.05, 4.69) is 254 Å². The lowest BCUT2D eigenvalue weighted by Gasteiger charge is -2.34. The highest BCUT2D eigenvalue weighted by atomic mass is 15.1. The average Bonchev–Trinajstić information content (AvgIpc) is 3.97. The fourth-order valence-electron chi connectivity index (χ4n) is 12.4. The van der Waals surface area contributed by atoms with Crippen molar-refractivity contribution in [3.8, 4) is 33.4 Å². The molecule has 0 bridgehead atoms. The Morgan fingerprint density at radius 1 is 0.231 bits per heavy atom. The Morgan fingerprint density at radius 2 is 0.631 bits per heavy atom. The third kappa shape index (κ3) is 4.82. The minimum Gasteiger partial charge on any atom is -0.310 e. The molecule has 0 heterocycles. The lowest BCUT2D eigenvalue weighted by molar-refractivity contribution is 0.768. The molecule has 0 amide bonds. The Hall–Kier alpha value is -8.26. The zero-order chi connectivity index (χ0) is 42.7. The Balaban J connectivity index is 1.05. The molecule has 14 rings (SSSR count). The van der Waals surface area contributed by atoms with Crippen LogP contribution in [-0.2, 0) is 10.8 Å². The smallest absolute Gasteiger partial charge is 0.0726 e. The van der Waals surface area contributed by atoms with Crippen LogP contribution >= 0.6 is 0 Å². The molecule has 1 nitrogen and oxygen atoms in total. The van der Waals surface area contributed by atoms with E-state index in [9.17, 15) is 0 Å². The van der Waals surface area contributed by atoms with Crippen molar-refractivity contribution in [2.75, 3.05) is 4.90 Å². The second-order valence-corrected chi connectivity index (χ2v) is 17.9. The first-order chi connectivity index (χ1) is 32.2. The van der Waals surface area contributed by atoms with Gasteiger partial charge >= 0.3 is 0 Å². The van der Waals surface area contributed by atoms with Crippen molar-refractivity contribution in [3.63, 3.8) is 0 Å². The molecule has 0 atom stereocenters. The van der Waals surface area contributed by atoms with Crippen molar-refractivity contribution in [2.24, 2.45) is 0 Å². The summed E-state index contributed by atoms with van der Waals surface area (Å²) in [6.45, 7) is 0. The maximum absolute atomic E-state index is 2.51. The molecular weight excluding hydrogens is 783 g/mol. The zero-order valence-electron chi connectivity index (χ0n) is 35.6. The average molecular weight is 824 g/mol. The van der Waals surface area contributed by atoms with Crippen LogP contribution in [-0.4, -0.2) is 0 Å². The molecule has 65 heavy (non-hydrogen) atoms. The largest absolute Gasteiger partial charge is 0.310 e. The Labute approximate surface area is 379 Å². The van der Waals surface area contributed by atoms with Gasteiger partial charge in [0.1, 0.15) is 0 Å². The van der Waals surface area contributed by atoms with Crippen LogP contribution in [0.25, 0.3) is 54.9 Å². The highest BCUT2D eigenvalue weighted by molar-refractivity contribution is 6.09. The van der Waals surface area contributed by atoms with E-state index in [0.29, 0.717) is 0 Å². The zero-order valence-corrected chi connectivity index (χ0v) is 35.6. The third-order valence-corrected chi connectivity index (χ3v) is 14.9. The van der Waals surface area contributed by atoms with Crippen LogP contribution in [0.1, 0.15) is 44.5 Å². The summed E-state index contributed by atoms with van der Waals surface area (Å²) in [6, 6.07) is 93.3. The van der Waals surface area contributed by atoms with Crippen LogP contribution in [0.2, 0.25) is 0 Å². The van der Waals surface area contributed by atoms with Crippen LogP contribution in [0.4, 0.5) is 17.1 Å². The van der Waals surface area contributed by atoms with Crippen LogP contribution in [0.15, 0.2) is 249 Å². The standard InChI is InChI=1S/C64H41N/c1-3-18-44(19-4-1)63(45-20-5-2-6-21-45)57-27-13-12-26-53(57)56-40-47(36-38-61(56)63)65(46-34-33-43-32-31-42-17-7-8-22-49(42)55(43)39-46)48-35-37-54-52-25-11-16-30-60(52)64(62(54)41-48)58-28-14-9-23-50(58)51-24-10-15-29-59(51)64/h1-41H. The SMILES string of the molecule is c1ccc(C2(c3ccccc3)c3ccccc3-c3cc(N(c4ccc5c(c4)C4(c6ccccc6-c6ccccc64)c4ccccc4-5)c4ccc5ccc6ccccc6c5c4)ccc32)cc1. The Bertz CT molecular complexity index is 3630. The van der Waals surface area contributed by atoms with Crippen molar-refractivity contribution in [3.05, 3.63) is 293 Å². The first-order valence-corrected chi connectivity index (χ1v) is 22.8. The Morgan fingerprint density at radius 3 is 1.25 bits per heavy atom. The minimum absolute atomic E-state index is 0.456. The van der Waals surface area contributed by atoms with Crippen LogP contribution in [0, 0.1) is 0 Å². The van der Waals surface area contributed by atoms with Crippen molar-refractivity contribution in [1.82, 2.24) is 0 Å². The van der Waals surface area contributed by atoms with Gasteiger partial charge in [-0.3, -0.25) is 0 Å². The molecule has 1 spiro atoms. The maximum Gasteiger partial charge on any atom is 0.0726 e. The van der Waals surface area contributed by atoms with Gasteiger partial charge in [0.25, 0.3) is 0 Å². The van der Waals surface area contributed by atoms with E-state index in [1.165, 1.54) is 99.4 Å². The summed E-state index contributed by atoms with van der Waals surface area (Å²) in [4.78, 5) is 2.51. The van der Waals surface area contributed by atoms with E-state index in [0.717, 1.165) is 17.1 Å². The molecule has 0 saturated carbocycles. The topological polar surface area (TPSA) is 3.24 Å². The second-order valence-electron chi connectivity index (χ2n) is 17.9. The van der Waals surface area contributed by atoms with E-state index in [1.807, 2.05) is 0 Å². The molecule has 0 aliphatic heterocycles. The van der Waals surface area contributed by atoms with Gasteiger partial charge in [0.05, 0.1) is 10.8 Å². The summed E-state index contributed by atoms with van der Waals surface area (Å²) in [7, 11) is 0. The van der Waals surface area contributed by atoms with E-state index in [1.54, 1.807) is 0 Å². The van der Waals surface area contributed by atoms with Gasteiger partial charge < -0.3 is 4.90 Å². The second kappa shape index (κ2) is 13.6. The molecule has 3 aliphatic rings. The quantitative estimate of drug-likeness (QED) is 0.156. The molecule has 0 aromatic heterocycles. The minimum atomic E-state index is -0.478. The number of fused-ring (bicyclic) bond motifs is 16. The van der Waals surface area contributed by atoms with E-state index < -0.39 is 10.8 Å². The third-order valence-electron chi connectivity index (χ3n) is 14.9. The van der Waals surface area contributed by atoms with Crippen LogP contribution < -0.4 is 4.90 Å². The summed E-state index contributed by atoms with van der Waals surface area (Å²) >= 11 is 0. The van der Waals surface area contributed by atoms with Crippen molar-refractivity contribution >= 4 is 38.6 Å². The lowest BCUT2D eigenvalue weighted by Crippen LogP contribution is -2.28. The first-order valence-electron chi connectivity index (χ1n) is 22.8. The Kier molecular flexibility index (Phi) is 7.59. The normalized spacial score (nSPS) is 14.1. The van der Waals surface area contributed by atoms with Gasteiger partial charge in [-0.2, -0.15) is 0 Å². The summed E-state index contributed by atoms with van der Waals surface area (Å²) in [6.07, 6.45) is 0. The molecule has 11 aromatic rings. The molecule has 0 fully saturated rings. The molecule has 0 radical (unpaired) electrons. The van der Waals surface area contributed by atoms with Gasteiger partial charge in [0.2, 0.25) is 0 Å². The van der Waals surface area contributed by atoms with E-state index in [4.69, 9.17) is 0 Å². The van der Waals surface area contributed by atoms with Gasteiger partial charge in [-0.15, -0.1) is 0 Å². The number of benzene rings is 11. The van der Waals surface area contributed by atoms with Crippen molar-refractivity contribution in [1.29, 1.82) is 0 Å².